The van der Waals surface area contributed by atoms with Gasteiger partial charge in [-0.2, -0.15) is 0 Å². The molecule has 3 rings (SSSR count). The third-order valence-corrected chi connectivity index (χ3v) is 3.73. The minimum Gasteiger partial charge on any atom is -0.326 e. The van der Waals surface area contributed by atoms with Crippen molar-refractivity contribution < 1.29 is 0 Å². The van der Waals surface area contributed by atoms with Crippen LogP contribution in [-0.2, 0) is 13.0 Å². The number of nitrogens with zero attached hydrogens (tertiary/aromatic N) is 2. The highest BCUT2D eigenvalue weighted by Crippen LogP contribution is 2.32. The lowest BCUT2D eigenvalue weighted by Crippen LogP contribution is -2.25. The molecule has 0 saturated carbocycles. The van der Waals surface area contributed by atoms with E-state index in [2.05, 4.69) is 59.6 Å². The van der Waals surface area contributed by atoms with Crippen LogP contribution < -0.4 is 10.2 Å². The van der Waals surface area contributed by atoms with Gasteiger partial charge >= 0.3 is 0 Å². The molecule has 0 radical (unpaired) electrons. The molecule has 104 valence electrons. The van der Waals surface area contributed by atoms with Crippen molar-refractivity contribution in [3.8, 4) is 0 Å². The van der Waals surface area contributed by atoms with Gasteiger partial charge in [0.05, 0.1) is 5.69 Å². The first-order valence-electron chi connectivity index (χ1n) is 7.40. The van der Waals surface area contributed by atoms with E-state index < -0.39 is 0 Å². The number of pyridine rings is 1. The number of para-hydroxylation sites is 1. The first kappa shape index (κ1) is 13.1. The van der Waals surface area contributed by atoms with E-state index in [1.54, 1.807) is 0 Å². The van der Waals surface area contributed by atoms with Crippen LogP contribution in [0.15, 0.2) is 42.5 Å². The zero-order valence-electron chi connectivity index (χ0n) is 12.0. The molecule has 0 bridgehead atoms. The fourth-order valence-corrected chi connectivity index (χ4v) is 2.74. The lowest BCUT2D eigenvalue weighted by molar-refractivity contribution is 0.705. The highest BCUT2D eigenvalue weighted by Gasteiger charge is 2.18. The maximum Gasteiger partial charge on any atom is 0.133 e. The van der Waals surface area contributed by atoms with Crippen molar-refractivity contribution in [1.29, 1.82) is 0 Å². The second-order valence-electron chi connectivity index (χ2n) is 5.15. The molecule has 3 heteroatoms. The predicted octanol–water partition coefficient (Wildman–Crippen LogP) is 3.28. The van der Waals surface area contributed by atoms with Gasteiger partial charge in [-0.05, 0) is 43.1 Å². The van der Waals surface area contributed by atoms with Crippen LogP contribution >= 0.6 is 0 Å². The number of aryl methyl sites for hydroxylation is 1. The van der Waals surface area contributed by atoms with E-state index in [9.17, 15) is 0 Å². The molecular formula is C17H21N3. The van der Waals surface area contributed by atoms with E-state index in [1.807, 2.05) is 0 Å². The van der Waals surface area contributed by atoms with Crippen LogP contribution in [0.5, 0.6) is 0 Å². The summed E-state index contributed by atoms with van der Waals surface area (Å²) in [5.74, 6) is 1.06. The van der Waals surface area contributed by atoms with Crippen LogP contribution in [0.3, 0.4) is 0 Å². The predicted molar refractivity (Wildman–Crippen MR) is 83.4 cm³/mol. The van der Waals surface area contributed by atoms with Gasteiger partial charge in [0.25, 0.3) is 0 Å². The van der Waals surface area contributed by atoms with Crippen LogP contribution in [0, 0.1) is 0 Å². The molecule has 1 aliphatic rings. The molecular weight excluding hydrogens is 246 g/mol. The zero-order chi connectivity index (χ0) is 13.8. The van der Waals surface area contributed by atoms with Gasteiger partial charge in [-0.25, -0.2) is 4.98 Å². The van der Waals surface area contributed by atoms with Gasteiger partial charge < -0.3 is 10.2 Å². The summed E-state index contributed by atoms with van der Waals surface area (Å²) in [6.07, 6.45) is 2.36. The number of aromatic nitrogens is 1. The molecule has 1 aliphatic heterocycles. The van der Waals surface area contributed by atoms with Crippen molar-refractivity contribution in [3.63, 3.8) is 0 Å². The molecule has 1 N–H and O–H groups in total. The Morgan fingerprint density at radius 2 is 2.05 bits per heavy atom. The van der Waals surface area contributed by atoms with Crippen molar-refractivity contribution in [2.75, 3.05) is 18.0 Å². The molecule has 0 spiro atoms. The fraction of sp³-hybridized carbons (Fsp3) is 0.353. The van der Waals surface area contributed by atoms with Gasteiger partial charge in [-0.3, -0.25) is 0 Å². The summed E-state index contributed by atoms with van der Waals surface area (Å²) in [7, 11) is 0. The number of anilines is 2. The molecule has 20 heavy (non-hydrogen) atoms. The van der Waals surface area contributed by atoms with Crippen LogP contribution in [0.25, 0.3) is 0 Å². The standard InChI is InChI=1S/C17H21N3/c1-2-18-13-15-9-5-11-17(19-15)20-12-6-8-14-7-3-4-10-16(14)20/h3-5,7,9-11,18H,2,6,8,12-13H2,1H3. The molecule has 0 unspecified atom stereocenters. The van der Waals surface area contributed by atoms with E-state index in [0.717, 1.165) is 31.1 Å². The molecule has 0 fully saturated rings. The smallest absolute Gasteiger partial charge is 0.133 e. The van der Waals surface area contributed by atoms with Gasteiger partial charge in [-0.15, -0.1) is 0 Å². The first-order chi connectivity index (χ1) is 9.88. The van der Waals surface area contributed by atoms with Crippen molar-refractivity contribution >= 4 is 11.5 Å². The number of hydrogen-bond acceptors (Lipinski definition) is 3. The van der Waals surface area contributed by atoms with Gasteiger partial charge in [0.15, 0.2) is 0 Å². The number of nitrogens with one attached hydrogen (secondary N) is 1. The van der Waals surface area contributed by atoms with Crippen LogP contribution in [0.1, 0.15) is 24.6 Å². The Hall–Kier alpha value is -1.87. The van der Waals surface area contributed by atoms with E-state index in [0.29, 0.717) is 0 Å². The Labute approximate surface area is 120 Å². The molecule has 0 amide bonds. The maximum atomic E-state index is 4.80. The second-order valence-corrected chi connectivity index (χ2v) is 5.15. The van der Waals surface area contributed by atoms with E-state index in [1.165, 1.54) is 24.1 Å². The summed E-state index contributed by atoms with van der Waals surface area (Å²) in [4.78, 5) is 7.14. The Kier molecular flexibility index (Phi) is 3.97. The Bertz CT molecular complexity index is 580. The van der Waals surface area contributed by atoms with Gasteiger partial charge in [0.1, 0.15) is 5.82 Å². The van der Waals surface area contributed by atoms with Crippen molar-refractivity contribution in [3.05, 3.63) is 53.7 Å². The van der Waals surface area contributed by atoms with Crippen molar-refractivity contribution in [2.45, 2.75) is 26.3 Å². The first-order valence-corrected chi connectivity index (χ1v) is 7.40. The highest BCUT2D eigenvalue weighted by atomic mass is 15.2. The lowest BCUT2D eigenvalue weighted by atomic mass is 10.0. The summed E-state index contributed by atoms with van der Waals surface area (Å²) >= 11 is 0. The number of hydrogen-bond donors (Lipinski definition) is 1. The fourth-order valence-electron chi connectivity index (χ4n) is 2.74. The Morgan fingerprint density at radius 3 is 2.95 bits per heavy atom. The molecule has 1 aromatic carbocycles. The van der Waals surface area contributed by atoms with Crippen LogP contribution in [-0.4, -0.2) is 18.1 Å². The Morgan fingerprint density at radius 1 is 1.15 bits per heavy atom. The summed E-state index contributed by atoms with van der Waals surface area (Å²) in [5.41, 5.74) is 3.84. The molecule has 2 aromatic rings. The highest BCUT2D eigenvalue weighted by molar-refractivity contribution is 5.65. The van der Waals surface area contributed by atoms with Crippen LogP contribution in [0.2, 0.25) is 0 Å². The van der Waals surface area contributed by atoms with Gasteiger partial charge in [-0.1, -0.05) is 31.2 Å². The van der Waals surface area contributed by atoms with Gasteiger partial charge in [0.2, 0.25) is 0 Å². The quantitative estimate of drug-likeness (QED) is 0.921. The molecule has 1 aromatic heterocycles. The lowest BCUT2D eigenvalue weighted by Gasteiger charge is -2.30. The monoisotopic (exact) mass is 267 g/mol. The maximum absolute atomic E-state index is 4.80. The number of fused-ring (bicyclic) bond motifs is 1. The zero-order valence-corrected chi connectivity index (χ0v) is 12.0. The Balaban J connectivity index is 1.90. The van der Waals surface area contributed by atoms with Crippen molar-refractivity contribution in [1.82, 2.24) is 10.3 Å². The largest absolute Gasteiger partial charge is 0.326 e. The van der Waals surface area contributed by atoms with E-state index in [4.69, 9.17) is 4.98 Å². The molecule has 2 heterocycles. The van der Waals surface area contributed by atoms with Crippen molar-refractivity contribution in [2.24, 2.45) is 0 Å². The third kappa shape index (κ3) is 2.68. The normalized spacial score (nSPS) is 14.2. The molecule has 0 saturated heterocycles. The van der Waals surface area contributed by atoms with E-state index in [-0.39, 0.29) is 0 Å². The summed E-state index contributed by atoms with van der Waals surface area (Å²) in [5, 5.41) is 3.33. The molecule has 0 atom stereocenters. The van der Waals surface area contributed by atoms with Gasteiger partial charge in [0, 0.05) is 18.8 Å². The van der Waals surface area contributed by atoms with E-state index >= 15 is 0 Å². The minimum absolute atomic E-state index is 0.833. The molecule has 0 aliphatic carbocycles. The summed E-state index contributed by atoms with van der Waals surface area (Å²) < 4.78 is 0. The van der Waals surface area contributed by atoms with Crippen LogP contribution in [0.4, 0.5) is 11.5 Å². The summed E-state index contributed by atoms with van der Waals surface area (Å²) in [6, 6.07) is 15.0. The minimum atomic E-state index is 0.833. The summed E-state index contributed by atoms with van der Waals surface area (Å²) in [6.45, 7) is 4.97. The number of benzene rings is 1. The second kappa shape index (κ2) is 6.06. The average molecular weight is 267 g/mol. The molecule has 3 nitrogen and oxygen atoms in total. The topological polar surface area (TPSA) is 28.2 Å². The third-order valence-electron chi connectivity index (χ3n) is 3.73. The average Bonchev–Trinajstić information content (AvgIpc) is 2.52. The SMILES string of the molecule is CCNCc1cccc(N2CCCc3ccccc32)n1. The number of rotatable bonds is 4.